The molecule has 0 saturated heterocycles. The van der Waals surface area contributed by atoms with Gasteiger partial charge in [-0.3, -0.25) is 0 Å². The van der Waals surface area contributed by atoms with E-state index in [9.17, 15) is 0 Å². The monoisotopic (exact) mass is 205 g/mol. The molecule has 0 aromatic rings. The molecular formula is C9H16ClNS. The first-order valence-corrected chi connectivity index (χ1v) is 5.71. The van der Waals surface area contributed by atoms with Crippen molar-refractivity contribution in [1.82, 2.24) is 5.32 Å². The molecule has 1 N–H and O–H groups in total. The minimum Gasteiger partial charge on any atom is -0.312 e. The number of hydrogen-bond donors (Lipinski definition) is 1. The zero-order valence-electron chi connectivity index (χ0n) is 7.26. The first-order chi connectivity index (χ1) is 5.91. The van der Waals surface area contributed by atoms with Gasteiger partial charge in [-0.05, 0) is 0 Å². The zero-order chi connectivity index (χ0) is 9.07. The first-order valence-electron chi connectivity index (χ1n) is 4.02. The van der Waals surface area contributed by atoms with Gasteiger partial charge in [0.2, 0.25) is 0 Å². The van der Waals surface area contributed by atoms with Gasteiger partial charge in [-0.15, -0.1) is 18.2 Å². The van der Waals surface area contributed by atoms with Crippen molar-refractivity contribution in [2.45, 2.75) is 0 Å². The van der Waals surface area contributed by atoms with Crippen LogP contribution in [0.4, 0.5) is 0 Å². The molecule has 0 amide bonds. The Morgan fingerprint density at radius 1 is 1.42 bits per heavy atom. The quantitative estimate of drug-likeness (QED) is 0.371. The summed E-state index contributed by atoms with van der Waals surface area (Å²) in [7, 11) is 0. The molecular weight excluding hydrogens is 190 g/mol. The molecule has 0 fully saturated rings. The van der Waals surface area contributed by atoms with Crippen LogP contribution in [0.15, 0.2) is 24.8 Å². The summed E-state index contributed by atoms with van der Waals surface area (Å²) in [6.07, 6.45) is 5.93. The molecule has 0 aliphatic rings. The molecule has 0 aliphatic heterocycles. The van der Waals surface area contributed by atoms with Crippen molar-refractivity contribution < 1.29 is 0 Å². The highest BCUT2D eigenvalue weighted by molar-refractivity contribution is 7.99. The fraction of sp³-hybridized carbons (Fsp3) is 0.556. The van der Waals surface area contributed by atoms with Crippen LogP contribution in [0.2, 0.25) is 0 Å². The lowest BCUT2D eigenvalue weighted by Crippen LogP contribution is -2.16. The molecule has 0 spiro atoms. The van der Waals surface area contributed by atoms with Gasteiger partial charge in [0.15, 0.2) is 0 Å². The predicted molar refractivity (Wildman–Crippen MR) is 60.3 cm³/mol. The van der Waals surface area contributed by atoms with E-state index in [1.807, 2.05) is 30.0 Å². The van der Waals surface area contributed by atoms with Crippen molar-refractivity contribution in [2.75, 3.05) is 30.5 Å². The van der Waals surface area contributed by atoms with E-state index in [-0.39, 0.29) is 0 Å². The summed E-state index contributed by atoms with van der Waals surface area (Å²) in [5.74, 6) is 2.78. The summed E-state index contributed by atoms with van der Waals surface area (Å²) in [6, 6.07) is 0. The average molecular weight is 206 g/mol. The third kappa shape index (κ3) is 10.1. The molecule has 0 aromatic heterocycles. The highest BCUT2D eigenvalue weighted by atomic mass is 35.5. The smallest absolute Gasteiger partial charge is 0.0404 e. The molecule has 0 aromatic carbocycles. The normalized spacial score (nSPS) is 10.8. The Morgan fingerprint density at radius 3 is 2.92 bits per heavy atom. The molecule has 0 saturated carbocycles. The maximum Gasteiger partial charge on any atom is 0.0404 e. The van der Waals surface area contributed by atoms with Crippen LogP contribution in [0.3, 0.4) is 0 Å². The van der Waals surface area contributed by atoms with Crippen LogP contribution in [-0.2, 0) is 0 Å². The fourth-order valence-electron chi connectivity index (χ4n) is 0.643. The number of nitrogens with one attached hydrogen (secondary N) is 1. The second kappa shape index (κ2) is 11.1. The largest absolute Gasteiger partial charge is 0.312 e. The van der Waals surface area contributed by atoms with Crippen molar-refractivity contribution in [3.63, 3.8) is 0 Å². The number of thioether (sulfide) groups is 1. The maximum absolute atomic E-state index is 5.45. The van der Waals surface area contributed by atoms with Crippen molar-refractivity contribution in [2.24, 2.45) is 0 Å². The highest BCUT2D eigenvalue weighted by Crippen LogP contribution is 1.96. The van der Waals surface area contributed by atoms with E-state index in [2.05, 4.69) is 11.9 Å². The van der Waals surface area contributed by atoms with Crippen LogP contribution in [0.1, 0.15) is 0 Å². The summed E-state index contributed by atoms with van der Waals surface area (Å²) in [5.41, 5.74) is 0. The van der Waals surface area contributed by atoms with E-state index < -0.39 is 0 Å². The Bertz CT molecular complexity index is 126. The minimum atomic E-state index is 0.604. The Morgan fingerprint density at radius 2 is 2.25 bits per heavy atom. The molecule has 70 valence electrons. The number of allylic oxidation sites excluding steroid dienone is 1. The van der Waals surface area contributed by atoms with Crippen molar-refractivity contribution in [1.29, 1.82) is 0 Å². The summed E-state index contributed by atoms with van der Waals surface area (Å²) in [5, 5.41) is 3.28. The second-order valence-corrected chi connectivity index (χ2v) is 3.65. The maximum atomic E-state index is 5.45. The van der Waals surface area contributed by atoms with Gasteiger partial charge in [-0.25, -0.2) is 0 Å². The van der Waals surface area contributed by atoms with E-state index >= 15 is 0 Å². The fourth-order valence-corrected chi connectivity index (χ4v) is 1.39. The molecule has 0 atom stereocenters. The molecule has 12 heavy (non-hydrogen) atoms. The topological polar surface area (TPSA) is 12.0 Å². The average Bonchev–Trinajstić information content (AvgIpc) is 2.10. The van der Waals surface area contributed by atoms with E-state index in [0.29, 0.717) is 5.88 Å². The van der Waals surface area contributed by atoms with Gasteiger partial charge < -0.3 is 5.32 Å². The minimum absolute atomic E-state index is 0.604. The molecule has 1 nitrogen and oxygen atoms in total. The van der Waals surface area contributed by atoms with Crippen LogP contribution in [-0.4, -0.2) is 30.5 Å². The zero-order valence-corrected chi connectivity index (χ0v) is 8.83. The Labute approximate surface area is 84.3 Å². The third-order valence-electron chi connectivity index (χ3n) is 1.18. The lowest BCUT2D eigenvalue weighted by atomic mass is 10.5. The molecule has 0 bridgehead atoms. The van der Waals surface area contributed by atoms with E-state index in [1.165, 1.54) is 0 Å². The Balaban J connectivity index is 2.90. The van der Waals surface area contributed by atoms with Crippen molar-refractivity contribution in [3.05, 3.63) is 24.8 Å². The summed E-state index contributed by atoms with van der Waals surface area (Å²) < 4.78 is 0. The molecule has 0 heterocycles. The first kappa shape index (κ1) is 12.1. The van der Waals surface area contributed by atoms with E-state index in [4.69, 9.17) is 11.6 Å². The molecule has 0 aliphatic carbocycles. The SMILES string of the molecule is C=CCSCCNC/C=C/CCl. The predicted octanol–water partition coefficient (Wildman–Crippen LogP) is 2.29. The van der Waals surface area contributed by atoms with Gasteiger partial charge in [0.05, 0.1) is 0 Å². The second-order valence-electron chi connectivity index (χ2n) is 2.19. The molecule has 3 heteroatoms. The Kier molecular flexibility index (Phi) is 11.2. The highest BCUT2D eigenvalue weighted by Gasteiger charge is 1.84. The number of hydrogen-bond acceptors (Lipinski definition) is 2. The number of alkyl halides is 1. The van der Waals surface area contributed by atoms with E-state index in [0.717, 1.165) is 24.6 Å². The van der Waals surface area contributed by atoms with Crippen molar-refractivity contribution >= 4 is 23.4 Å². The molecule has 0 unspecified atom stereocenters. The van der Waals surface area contributed by atoms with Gasteiger partial charge in [0.25, 0.3) is 0 Å². The van der Waals surface area contributed by atoms with Gasteiger partial charge in [-0.1, -0.05) is 18.2 Å². The van der Waals surface area contributed by atoms with Crippen molar-refractivity contribution in [3.8, 4) is 0 Å². The van der Waals surface area contributed by atoms with Gasteiger partial charge in [0.1, 0.15) is 0 Å². The van der Waals surface area contributed by atoms with Crippen LogP contribution in [0.25, 0.3) is 0 Å². The molecule has 0 rings (SSSR count). The van der Waals surface area contributed by atoms with Crippen LogP contribution >= 0.6 is 23.4 Å². The summed E-state index contributed by atoms with van der Waals surface area (Å²) in [6.45, 7) is 5.62. The summed E-state index contributed by atoms with van der Waals surface area (Å²) in [4.78, 5) is 0. The Hall–Kier alpha value is 0.0800. The molecule has 0 radical (unpaired) electrons. The lowest BCUT2D eigenvalue weighted by Gasteiger charge is -1.99. The standard InChI is InChI=1S/C9H16ClNS/c1-2-8-12-9-7-11-6-4-3-5-10/h2-4,11H,1,5-9H2/b4-3+. The number of halogens is 1. The van der Waals surface area contributed by atoms with Gasteiger partial charge in [0, 0.05) is 30.5 Å². The van der Waals surface area contributed by atoms with Crippen LogP contribution < -0.4 is 5.32 Å². The van der Waals surface area contributed by atoms with Gasteiger partial charge in [-0.2, -0.15) is 11.8 Å². The lowest BCUT2D eigenvalue weighted by molar-refractivity contribution is 0.806. The number of rotatable bonds is 8. The van der Waals surface area contributed by atoms with Gasteiger partial charge >= 0.3 is 0 Å². The third-order valence-corrected chi connectivity index (χ3v) is 2.32. The van der Waals surface area contributed by atoms with Crippen LogP contribution in [0, 0.1) is 0 Å². The van der Waals surface area contributed by atoms with E-state index in [1.54, 1.807) is 0 Å². The summed E-state index contributed by atoms with van der Waals surface area (Å²) >= 11 is 7.34. The van der Waals surface area contributed by atoms with Crippen LogP contribution in [0.5, 0.6) is 0 Å².